The quantitative estimate of drug-likeness (QED) is 0.329. The molecular weight excluding hydrogens is 491 g/mol. The summed E-state index contributed by atoms with van der Waals surface area (Å²) in [5.41, 5.74) is 0. The lowest BCUT2D eigenvalue weighted by Crippen LogP contribution is -2.41. The number of nitrogens with one attached hydrogen (secondary N) is 1. The molecule has 150 valence electrons. The van der Waals surface area contributed by atoms with Crippen LogP contribution in [0, 0.1) is 0 Å². The molecule has 27 heavy (non-hydrogen) atoms. The van der Waals surface area contributed by atoms with E-state index in [1.54, 1.807) is 24.3 Å². The van der Waals surface area contributed by atoms with E-state index in [9.17, 15) is 8.78 Å². The fourth-order valence-corrected chi connectivity index (χ4v) is 2.32. The first kappa shape index (κ1) is 23.4. The summed E-state index contributed by atoms with van der Waals surface area (Å²) in [4.78, 5) is 10.2. The molecule has 6 nitrogen and oxygen atoms in total. The van der Waals surface area contributed by atoms with Crippen LogP contribution in [0.4, 0.5) is 8.78 Å². The summed E-state index contributed by atoms with van der Waals surface area (Å²) in [7, 11) is 1.85. The molecule has 0 saturated carbocycles. The molecule has 1 aromatic carbocycles. The number of aliphatic imine (C=N–C) groups is 1. The highest BCUT2D eigenvalue weighted by molar-refractivity contribution is 14.0. The molecular formula is C17H23ClF2IN5O. The second kappa shape index (κ2) is 12.0. The average Bonchev–Trinajstić information content (AvgIpc) is 3.09. The number of rotatable bonds is 8. The van der Waals surface area contributed by atoms with Crippen molar-refractivity contribution in [3.8, 4) is 5.75 Å². The van der Waals surface area contributed by atoms with Gasteiger partial charge in [-0.3, -0.25) is 4.57 Å². The molecule has 0 bridgehead atoms. The van der Waals surface area contributed by atoms with Crippen LogP contribution >= 0.6 is 35.6 Å². The highest BCUT2D eigenvalue weighted by atomic mass is 127. The molecule has 0 amide bonds. The van der Waals surface area contributed by atoms with Crippen molar-refractivity contribution in [1.29, 1.82) is 0 Å². The van der Waals surface area contributed by atoms with E-state index in [1.807, 2.05) is 18.9 Å². The van der Waals surface area contributed by atoms with Gasteiger partial charge in [-0.25, -0.2) is 9.98 Å². The first-order chi connectivity index (χ1) is 12.5. The summed E-state index contributed by atoms with van der Waals surface area (Å²) in [6.45, 7) is 1.03. The van der Waals surface area contributed by atoms with Crippen LogP contribution in [0.5, 0.6) is 5.75 Å². The molecule has 0 saturated heterocycles. The van der Waals surface area contributed by atoms with Crippen LogP contribution in [0.1, 0.15) is 19.3 Å². The molecule has 2 rings (SSSR count). The van der Waals surface area contributed by atoms with Gasteiger partial charge in [0.05, 0.1) is 6.54 Å². The van der Waals surface area contributed by atoms with E-state index in [2.05, 4.69) is 15.3 Å². The number of hydrogen-bond acceptors (Lipinski definition) is 3. The van der Waals surface area contributed by atoms with Gasteiger partial charge in [-0.15, -0.1) is 24.0 Å². The zero-order valence-electron chi connectivity index (χ0n) is 15.1. The zero-order valence-corrected chi connectivity index (χ0v) is 18.2. The van der Waals surface area contributed by atoms with Gasteiger partial charge in [0.25, 0.3) is 0 Å². The van der Waals surface area contributed by atoms with E-state index in [0.717, 1.165) is 10.3 Å². The molecule has 0 atom stereocenters. The Hall–Kier alpha value is -1.62. The Morgan fingerprint density at radius 3 is 2.70 bits per heavy atom. The molecule has 0 unspecified atom stereocenters. The van der Waals surface area contributed by atoms with Crippen LogP contribution in [0.15, 0.2) is 41.7 Å². The number of benzene rings is 1. The van der Waals surface area contributed by atoms with Crippen LogP contribution < -0.4 is 10.1 Å². The van der Waals surface area contributed by atoms with Crippen molar-refractivity contribution in [2.45, 2.75) is 20.0 Å². The minimum atomic E-state index is -2.63. The molecule has 10 heteroatoms. The first-order valence-electron chi connectivity index (χ1n) is 8.19. The summed E-state index contributed by atoms with van der Waals surface area (Å²) in [6.07, 6.45) is 2.58. The van der Waals surface area contributed by atoms with Crippen LogP contribution in [0.2, 0.25) is 5.02 Å². The predicted octanol–water partition coefficient (Wildman–Crippen LogP) is 4.03. The van der Waals surface area contributed by atoms with Gasteiger partial charge in [0, 0.05) is 31.0 Å². The highest BCUT2D eigenvalue weighted by Crippen LogP contribution is 2.15. The molecule has 0 aliphatic rings. The Labute approximate surface area is 179 Å². The Morgan fingerprint density at radius 2 is 2.07 bits per heavy atom. The minimum absolute atomic E-state index is 0. The Balaban J connectivity index is 0.00000364. The largest absolute Gasteiger partial charge is 0.492 e. The number of nitrogens with zero attached hydrogens (tertiary/aromatic N) is 4. The zero-order chi connectivity index (χ0) is 18.9. The normalized spacial score (nSPS) is 11.3. The molecule has 1 aromatic heterocycles. The van der Waals surface area contributed by atoms with E-state index in [1.165, 1.54) is 12.4 Å². The molecule has 2 aromatic rings. The van der Waals surface area contributed by atoms with Gasteiger partial charge < -0.3 is 15.0 Å². The van der Waals surface area contributed by atoms with E-state index in [4.69, 9.17) is 16.3 Å². The van der Waals surface area contributed by atoms with Crippen LogP contribution in [0.25, 0.3) is 0 Å². The number of halogens is 4. The maximum absolute atomic E-state index is 12.9. The average molecular weight is 514 g/mol. The standard InChI is InChI=1S/C17H22ClF2N5O.HI/c1-3-21-17(23-12-15-22-8-9-25(15)16(19)20)24(2)10-11-26-14-6-4-13(18)5-7-14;/h4-9,16H,3,10-12H2,1-2H3,(H,21,23);1H. The van der Waals surface area contributed by atoms with Crippen LogP contribution in [0.3, 0.4) is 0 Å². The predicted molar refractivity (Wildman–Crippen MR) is 113 cm³/mol. The number of aromatic nitrogens is 2. The third kappa shape index (κ3) is 7.49. The van der Waals surface area contributed by atoms with E-state index >= 15 is 0 Å². The maximum atomic E-state index is 12.9. The summed E-state index contributed by atoms with van der Waals surface area (Å²) < 4.78 is 32.2. The van der Waals surface area contributed by atoms with Gasteiger partial charge >= 0.3 is 6.55 Å². The van der Waals surface area contributed by atoms with E-state index in [-0.39, 0.29) is 36.3 Å². The molecule has 0 radical (unpaired) electrons. The number of hydrogen-bond donors (Lipinski definition) is 1. The van der Waals surface area contributed by atoms with Gasteiger partial charge in [-0.05, 0) is 31.2 Å². The number of guanidine groups is 1. The van der Waals surface area contributed by atoms with Crippen molar-refractivity contribution in [1.82, 2.24) is 19.8 Å². The second-order valence-electron chi connectivity index (χ2n) is 5.42. The van der Waals surface area contributed by atoms with Gasteiger partial charge in [-0.2, -0.15) is 8.78 Å². The van der Waals surface area contributed by atoms with Crippen molar-refractivity contribution >= 4 is 41.5 Å². The Bertz CT molecular complexity index is 712. The monoisotopic (exact) mass is 513 g/mol. The van der Waals surface area contributed by atoms with E-state index < -0.39 is 6.55 Å². The minimum Gasteiger partial charge on any atom is -0.492 e. The van der Waals surface area contributed by atoms with Gasteiger partial charge in [0.2, 0.25) is 0 Å². The summed E-state index contributed by atoms with van der Waals surface area (Å²) in [6, 6.07) is 7.12. The summed E-state index contributed by atoms with van der Waals surface area (Å²) >= 11 is 5.84. The third-order valence-electron chi connectivity index (χ3n) is 3.53. The number of likely N-dealkylation sites (N-methyl/N-ethyl adjacent to an activating group) is 1. The molecule has 0 spiro atoms. The SMILES string of the molecule is CCNC(=NCc1nccn1C(F)F)N(C)CCOc1ccc(Cl)cc1.I. The molecule has 0 fully saturated rings. The topological polar surface area (TPSA) is 54.7 Å². The Kier molecular flexibility index (Phi) is 10.4. The first-order valence-corrected chi connectivity index (χ1v) is 8.56. The smallest absolute Gasteiger partial charge is 0.319 e. The maximum Gasteiger partial charge on any atom is 0.319 e. The van der Waals surface area contributed by atoms with Crippen molar-refractivity contribution < 1.29 is 13.5 Å². The third-order valence-corrected chi connectivity index (χ3v) is 3.79. The van der Waals surface area contributed by atoms with Crippen molar-refractivity contribution in [2.75, 3.05) is 26.7 Å². The summed E-state index contributed by atoms with van der Waals surface area (Å²) in [5, 5.41) is 3.78. The Morgan fingerprint density at radius 1 is 1.37 bits per heavy atom. The lowest BCUT2D eigenvalue weighted by atomic mass is 10.3. The van der Waals surface area contributed by atoms with Crippen LogP contribution in [-0.4, -0.2) is 47.2 Å². The van der Waals surface area contributed by atoms with Gasteiger partial charge in [0.1, 0.15) is 24.7 Å². The lowest BCUT2D eigenvalue weighted by Gasteiger charge is -2.22. The van der Waals surface area contributed by atoms with E-state index in [0.29, 0.717) is 30.7 Å². The van der Waals surface area contributed by atoms with Gasteiger partial charge in [-0.1, -0.05) is 11.6 Å². The molecule has 0 aliphatic carbocycles. The van der Waals surface area contributed by atoms with Crippen molar-refractivity contribution in [3.05, 3.63) is 47.5 Å². The molecule has 1 N–H and O–H groups in total. The number of ether oxygens (including phenoxy) is 1. The summed E-state index contributed by atoms with van der Waals surface area (Å²) in [5.74, 6) is 1.53. The van der Waals surface area contributed by atoms with Crippen molar-refractivity contribution in [3.63, 3.8) is 0 Å². The van der Waals surface area contributed by atoms with Crippen molar-refractivity contribution in [2.24, 2.45) is 4.99 Å². The fraction of sp³-hybridized carbons (Fsp3) is 0.412. The number of alkyl halides is 2. The lowest BCUT2D eigenvalue weighted by molar-refractivity contribution is 0.0671. The second-order valence-corrected chi connectivity index (χ2v) is 5.86. The number of imidazole rings is 1. The fourth-order valence-electron chi connectivity index (χ4n) is 2.20. The van der Waals surface area contributed by atoms with Crippen LogP contribution in [-0.2, 0) is 6.54 Å². The highest BCUT2D eigenvalue weighted by Gasteiger charge is 2.12. The molecule has 1 heterocycles. The molecule has 0 aliphatic heterocycles. The van der Waals surface area contributed by atoms with Gasteiger partial charge in [0.15, 0.2) is 5.96 Å².